The van der Waals surface area contributed by atoms with Crippen LogP contribution in [0.5, 0.6) is 0 Å². The molecule has 1 fully saturated rings. The second-order valence-electron chi connectivity index (χ2n) is 4.25. The lowest BCUT2D eigenvalue weighted by Gasteiger charge is -2.33. The Hall–Kier alpha value is -0.430. The predicted molar refractivity (Wildman–Crippen MR) is 70.0 cm³/mol. The predicted octanol–water partition coefficient (Wildman–Crippen LogP) is 0.775. The SMILES string of the molecule is CNCC(c1ncn(C)c1Br)N1CCOCC1. The lowest BCUT2D eigenvalue weighted by molar-refractivity contribution is 0.0156. The number of ether oxygens (including phenoxy) is 1. The fourth-order valence-corrected chi connectivity index (χ4v) is 2.60. The quantitative estimate of drug-likeness (QED) is 0.892. The summed E-state index contributed by atoms with van der Waals surface area (Å²) in [5.74, 6) is 0. The van der Waals surface area contributed by atoms with Gasteiger partial charge in [-0.05, 0) is 23.0 Å². The second kappa shape index (κ2) is 5.95. The number of hydrogen-bond donors (Lipinski definition) is 1. The zero-order chi connectivity index (χ0) is 12.3. The first-order valence-corrected chi connectivity index (χ1v) is 6.66. The van der Waals surface area contributed by atoms with Crippen LogP contribution in [-0.4, -0.2) is 54.3 Å². The minimum absolute atomic E-state index is 0.305. The molecule has 1 unspecified atom stereocenters. The number of imidazole rings is 1. The van der Waals surface area contributed by atoms with Crippen molar-refractivity contribution < 1.29 is 4.74 Å². The van der Waals surface area contributed by atoms with Crippen LogP contribution >= 0.6 is 15.9 Å². The maximum Gasteiger partial charge on any atom is 0.109 e. The minimum atomic E-state index is 0.305. The molecule has 0 spiro atoms. The van der Waals surface area contributed by atoms with Crippen molar-refractivity contribution in [2.24, 2.45) is 7.05 Å². The maximum atomic E-state index is 5.40. The van der Waals surface area contributed by atoms with Crippen molar-refractivity contribution in [3.8, 4) is 0 Å². The molecule has 1 aromatic heterocycles. The van der Waals surface area contributed by atoms with Crippen molar-refractivity contribution >= 4 is 15.9 Å². The molecule has 1 aromatic rings. The Balaban J connectivity index is 2.18. The number of morpholine rings is 1. The zero-order valence-corrected chi connectivity index (χ0v) is 11.9. The van der Waals surface area contributed by atoms with E-state index in [0.29, 0.717) is 6.04 Å². The van der Waals surface area contributed by atoms with Crippen LogP contribution in [0.15, 0.2) is 10.9 Å². The van der Waals surface area contributed by atoms with Crippen LogP contribution in [0, 0.1) is 0 Å². The lowest BCUT2D eigenvalue weighted by Crippen LogP contribution is -2.42. The summed E-state index contributed by atoms with van der Waals surface area (Å²) in [7, 11) is 3.97. The third-order valence-electron chi connectivity index (χ3n) is 3.09. The number of hydrogen-bond acceptors (Lipinski definition) is 4. The van der Waals surface area contributed by atoms with Crippen LogP contribution in [-0.2, 0) is 11.8 Å². The first-order valence-electron chi connectivity index (χ1n) is 5.87. The number of nitrogens with zero attached hydrogens (tertiary/aromatic N) is 3. The van der Waals surface area contributed by atoms with Crippen LogP contribution in [0.4, 0.5) is 0 Å². The van der Waals surface area contributed by atoms with Crippen molar-refractivity contribution in [1.82, 2.24) is 19.8 Å². The van der Waals surface area contributed by atoms with Crippen LogP contribution in [0.25, 0.3) is 0 Å². The molecule has 2 heterocycles. The van der Waals surface area contributed by atoms with E-state index in [0.717, 1.165) is 43.1 Å². The van der Waals surface area contributed by atoms with E-state index in [9.17, 15) is 0 Å². The van der Waals surface area contributed by atoms with E-state index in [2.05, 4.69) is 31.1 Å². The largest absolute Gasteiger partial charge is 0.379 e. The molecular formula is C11H19BrN4O. The molecule has 0 aliphatic carbocycles. The van der Waals surface area contributed by atoms with Gasteiger partial charge in [-0.25, -0.2) is 4.98 Å². The van der Waals surface area contributed by atoms with Crippen molar-refractivity contribution in [3.63, 3.8) is 0 Å². The fraction of sp³-hybridized carbons (Fsp3) is 0.727. The van der Waals surface area contributed by atoms with E-state index >= 15 is 0 Å². The Morgan fingerprint density at radius 3 is 2.76 bits per heavy atom. The number of rotatable bonds is 4. The van der Waals surface area contributed by atoms with E-state index in [-0.39, 0.29) is 0 Å². The summed E-state index contributed by atoms with van der Waals surface area (Å²) in [6.45, 7) is 4.45. The molecule has 1 aliphatic rings. The van der Waals surface area contributed by atoms with E-state index in [1.807, 2.05) is 25.0 Å². The molecule has 0 amide bonds. The van der Waals surface area contributed by atoms with Crippen molar-refractivity contribution in [1.29, 1.82) is 0 Å². The summed E-state index contributed by atoms with van der Waals surface area (Å²) in [5, 5.41) is 3.25. The second-order valence-corrected chi connectivity index (χ2v) is 5.00. The molecule has 0 bridgehead atoms. The fourth-order valence-electron chi connectivity index (χ4n) is 2.14. The molecule has 1 N–H and O–H groups in total. The highest BCUT2D eigenvalue weighted by atomic mass is 79.9. The molecule has 0 radical (unpaired) electrons. The minimum Gasteiger partial charge on any atom is -0.379 e. The summed E-state index contributed by atoms with van der Waals surface area (Å²) in [6.07, 6.45) is 1.85. The highest BCUT2D eigenvalue weighted by Gasteiger charge is 2.26. The molecule has 96 valence electrons. The Bertz CT molecular complexity index is 362. The molecule has 0 saturated carbocycles. The summed E-state index contributed by atoms with van der Waals surface area (Å²) in [5.41, 5.74) is 1.10. The maximum absolute atomic E-state index is 5.40. The van der Waals surface area contributed by atoms with Gasteiger partial charge in [-0.1, -0.05) is 0 Å². The van der Waals surface area contributed by atoms with Gasteiger partial charge < -0.3 is 14.6 Å². The number of aromatic nitrogens is 2. The lowest BCUT2D eigenvalue weighted by atomic mass is 10.1. The molecule has 0 aromatic carbocycles. The van der Waals surface area contributed by atoms with E-state index in [4.69, 9.17) is 4.74 Å². The Kier molecular flexibility index (Phi) is 4.55. The third-order valence-corrected chi connectivity index (χ3v) is 4.06. The van der Waals surface area contributed by atoms with Crippen LogP contribution in [0.2, 0.25) is 0 Å². The topological polar surface area (TPSA) is 42.3 Å². The molecule has 1 atom stereocenters. The van der Waals surface area contributed by atoms with Gasteiger partial charge in [-0.2, -0.15) is 0 Å². The highest BCUT2D eigenvalue weighted by Crippen LogP contribution is 2.26. The number of nitrogens with one attached hydrogen (secondary N) is 1. The van der Waals surface area contributed by atoms with Crippen LogP contribution in [0.3, 0.4) is 0 Å². The molecule has 1 saturated heterocycles. The zero-order valence-electron chi connectivity index (χ0n) is 10.3. The molecule has 17 heavy (non-hydrogen) atoms. The molecule has 5 nitrogen and oxygen atoms in total. The average Bonchev–Trinajstić information content (AvgIpc) is 2.69. The first-order chi connectivity index (χ1) is 8.24. The summed E-state index contributed by atoms with van der Waals surface area (Å²) >= 11 is 3.60. The van der Waals surface area contributed by atoms with Gasteiger partial charge in [0.1, 0.15) is 4.60 Å². The number of halogens is 1. The van der Waals surface area contributed by atoms with E-state index in [1.54, 1.807) is 0 Å². The Morgan fingerprint density at radius 2 is 2.24 bits per heavy atom. The van der Waals surface area contributed by atoms with Gasteiger partial charge in [0, 0.05) is 26.7 Å². The van der Waals surface area contributed by atoms with E-state index in [1.165, 1.54) is 0 Å². The van der Waals surface area contributed by atoms with Crippen molar-refractivity contribution in [3.05, 3.63) is 16.6 Å². The standard InChI is InChI=1S/C11H19BrN4O/c1-13-7-9(16-3-5-17-6-4-16)10-11(12)15(2)8-14-10/h8-9,13H,3-7H2,1-2H3. The monoisotopic (exact) mass is 302 g/mol. The number of aryl methyl sites for hydroxylation is 1. The summed E-state index contributed by atoms with van der Waals surface area (Å²) < 4.78 is 8.46. The number of likely N-dealkylation sites (N-methyl/N-ethyl adjacent to an activating group) is 1. The molecular weight excluding hydrogens is 284 g/mol. The molecule has 1 aliphatic heterocycles. The van der Waals surface area contributed by atoms with Crippen molar-refractivity contribution in [2.45, 2.75) is 6.04 Å². The van der Waals surface area contributed by atoms with Gasteiger partial charge in [0.25, 0.3) is 0 Å². The summed E-state index contributed by atoms with van der Waals surface area (Å²) in [4.78, 5) is 6.93. The van der Waals surface area contributed by atoms with Gasteiger partial charge in [-0.3, -0.25) is 4.90 Å². The Labute approximate surface area is 110 Å². The molecule has 2 rings (SSSR count). The van der Waals surface area contributed by atoms with Gasteiger partial charge in [-0.15, -0.1) is 0 Å². The summed E-state index contributed by atoms with van der Waals surface area (Å²) in [6, 6.07) is 0.305. The Morgan fingerprint density at radius 1 is 1.53 bits per heavy atom. The van der Waals surface area contributed by atoms with Crippen molar-refractivity contribution in [2.75, 3.05) is 39.9 Å². The van der Waals surface area contributed by atoms with Gasteiger partial charge in [0.2, 0.25) is 0 Å². The normalized spacial score (nSPS) is 19.5. The third kappa shape index (κ3) is 2.88. The van der Waals surface area contributed by atoms with Crippen LogP contribution < -0.4 is 5.32 Å². The smallest absolute Gasteiger partial charge is 0.109 e. The van der Waals surface area contributed by atoms with Gasteiger partial charge in [0.15, 0.2) is 0 Å². The highest BCUT2D eigenvalue weighted by molar-refractivity contribution is 9.10. The van der Waals surface area contributed by atoms with Gasteiger partial charge >= 0.3 is 0 Å². The van der Waals surface area contributed by atoms with E-state index < -0.39 is 0 Å². The average molecular weight is 303 g/mol. The van der Waals surface area contributed by atoms with Crippen LogP contribution in [0.1, 0.15) is 11.7 Å². The van der Waals surface area contributed by atoms with Gasteiger partial charge in [0.05, 0.1) is 31.3 Å². The first kappa shape index (κ1) is 13.0. The molecule has 6 heteroatoms.